The Bertz CT molecular complexity index is 3220. The van der Waals surface area contributed by atoms with Gasteiger partial charge < -0.3 is 4.42 Å². The topological polar surface area (TPSA) is 65.3 Å². The summed E-state index contributed by atoms with van der Waals surface area (Å²) in [4.78, 5) is 24.5. The van der Waals surface area contributed by atoms with Gasteiger partial charge in [0.25, 0.3) is 0 Å². The van der Waals surface area contributed by atoms with Gasteiger partial charge in [0.2, 0.25) is 10.9 Å². The lowest BCUT2D eigenvalue weighted by atomic mass is 9.97. The van der Waals surface area contributed by atoms with Crippen molar-refractivity contribution in [2.24, 2.45) is 0 Å². The third-order valence-corrected chi connectivity index (χ3v) is 10.7. The third-order valence-electron chi connectivity index (χ3n) is 9.63. The van der Waals surface area contributed by atoms with E-state index >= 15 is 0 Å². The van der Waals surface area contributed by atoms with Crippen LogP contribution < -0.4 is 5.69 Å². The summed E-state index contributed by atoms with van der Waals surface area (Å²) < 4.78 is 10.8. The molecule has 0 aliphatic carbocycles. The summed E-state index contributed by atoms with van der Waals surface area (Å²) in [5.41, 5.74) is 6.11. The fourth-order valence-electron chi connectivity index (χ4n) is 7.65. The van der Waals surface area contributed by atoms with Crippen LogP contribution in [-0.2, 0) is 0 Å². The summed E-state index contributed by atoms with van der Waals surface area (Å²) in [6.45, 7) is 0. The molecule has 0 saturated heterocycles. The van der Waals surface area contributed by atoms with E-state index in [4.69, 9.17) is 9.40 Å². The number of furan rings is 1. The van der Waals surface area contributed by atoms with Crippen molar-refractivity contribution in [3.05, 3.63) is 144 Å². The molecule has 0 radical (unpaired) electrons. The molecule has 224 valence electrons. The van der Waals surface area contributed by atoms with E-state index in [2.05, 4.69) is 107 Å². The van der Waals surface area contributed by atoms with Gasteiger partial charge in [-0.1, -0.05) is 114 Å². The van der Waals surface area contributed by atoms with Crippen LogP contribution in [0.4, 0.5) is 0 Å². The second kappa shape index (κ2) is 9.37. The molecule has 7 aromatic carbocycles. The molecular formula is C41H22N4O2S. The first kappa shape index (κ1) is 25.8. The second-order valence-corrected chi connectivity index (χ2v) is 13.2. The number of aromatic nitrogens is 4. The fraction of sp³-hybridized carbons (Fsp3) is 0. The molecule has 11 aromatic rings. The van der Waals surface area contributed by atoms with E-state index in [-0.39, 0.29) is 5.69 Å². The fourth-order valence-corrected chi connectivity index (χ4v) is 8.63. The number of hydrogen-bond donors (Lipinski definition) is 0. The maximum Gasteiger partial charge on any atom is 0.357 e. The molecule has 0 unspecified atom stereocenters. The molecule has 0 saturated carbocycles. The highest BCUT2D eigenvalue weighted by atomic mass is 32.1. The molecule has 0 atom stereocenters. The van der Waals surface area contributed by atoms with Gasteiger partial charge in [-0.15, -0.1) is 0 Å². The van der Waals surface area contributed by atoms with E-state index in [1.54, 1.807) is 4.40 Å². The van der Waals surface area contributed by atoms with E-state index in [0.29, 0.717) is 10.9 Å². The number of benzene rings is 7. The summed E-state index contributed by atoms with van der Waals surface area (Å²) in [5.74, 6) is 0.369. The van der Waals surface area contributed by atoms with Crippen LogP contribution in [0.25, 0.3) is 97.5 Å². The highest BCUT2D eigenvalue weighted by Gasteiger charge is 2.22. The molecular weight excluding hydrogens is 613 g/mol. The Morgan fingerprint density at radius 2 is 1.25 bits per heavy atom. The molecule has 0 fully saturated rings. The molecule has 11 rings (SSSR count). The summed E-state index contributed by atoms with van der Waals surface area (Å²) in [6, 6.07) is 45.7. The first-order chi connectivity index (χ1) is 23.7. The summed E-state index contributed by atoms with van der Waals surface area (Å²) in [7, 11) is 0. The van der Waals surface area contributed by atoms with Crippen LogP contribution in [0.1, 0.15) is 0 Å². The number of thiazole rings is 1. The zero-order valence-corrected chi connectivity index (χ0v) is 26.0. The Morgan fingerprint density at radius 1 is 0.562 bits per heavy atom. The van der Waals surface area contributed by atoms with Crippen molar-refractivity contribution in [3.63, 3.8) is 0 Å². The maximum atomic E-state index is 14.1. The summed E-state index contributed by atoms with van der Waals surface area (Å²) in [5, 5.41) is 8.95. The van der Waals surface area contributed by atoms with Crippen LogP contribution in [0.15, 0.2) is 143 Å². The molecule has 0 N–H and O–H groups in total. The molecule has 0 aliphatic heterocycles. The van der Waals surface area contributed by atoms with Crippen LogP contribution >= 0.6 is 11.3 Å². The molecule has 6 nitrogen and oxygen atoms in total. The second-order valence-electron chi connectivity index (χ2n) is 12.2. The van der Waals surface area contributed by atoms with Crippen molar-refractivity contribution in [1.29, 1.82) is 0 Å². The van der Waals surface area contributed by atoms with E-state index in [1.165, 1.54) is 16.7 Å². The highest BCUT2D eigenvalue weighted by Crippen LogP contribution is 2.42. The summed E-state index contributed by atoms with van der Waals surface area (Å²) >= 11 is 1.50. The van der Waals surface area contributed by atoms with Gasteiger partial charge in [-0.25, -0.2) is 9.20 Å². The van der Waals surface area contributed by atoms with Gasteiger partial charge in [0.15, 0.2) is 0 Å². The number of nitrogens with zero attached hydrogens (tertiary/aromatic N) is 4. The summed E-state index contributed by atoms with van der Waals surface area (Å²) in [6.07, 6.45) is 0. The van der Waals surface area contributed by atoms with Gasteiger partial charge in [0.05, 0.1) is 21.3 Å². The zero-order valence-electron chi connectivity index (χ0n) is 25.2. The van der Waals surface area contributed by atoms with Crippen molar-refractivity contribution >= 4 is 91.8 Å². The first-order valence-corrected chi connectivity index (χ1v) is 16.6. The Kier molecular flexibility index (Phi) is 5.05. The largest absolute Gasteiger partial charge is 0.456 e. The predicted octanol–water partition coefficient (Wildman–Crippen LogP) is 10.3. The molecule has 0 aliphatic rings. The first-order valence-electron chi connectivity index (χ1n) is 15.8. The number of hydrogen-bond acceptors (Lipinski definition) is 5. The standard InChI is InChI=1S/C41H22N4O2S/c46-40-42-39(44-31-17-7-5-14-29(31)37-27-12-3-1-10-25(27)26-11-2-4-13-28(26)38(37)44)43-41-45(40)32-22-23(20-21-35(32)48-41)24-16-9-19-34-36(24)30-15-6-8-18-33(30)47-34/h1-22H. The smallest absolute Gasteiger partial charge is 0.357 e. The number of fused-ring (bicyclic) bond motifs is 14. The monoisotopic (exact) mass is 634 g/mol. The highest BCUT2D eigenvalue weighted by molar-refractivity contribution is 7.23. The van der Waals surface area contributed by atoms with Crippen LogP contribution in [-0.4, -0.2) is 18.9 Å². The molecule has 4 heterocycles. The Labute approximate surface area is 275 Å². The zero-order chi connectivity index (χ0) is 31.5. The maximum absolute atomic E-state index is 14.1. The minimum atomic E-state index is -0.360. The predicted molar refractivity (Wildman–Crippen MR) is 197 cm³/mol. The van der Waals surface area contributed by atoms with E-state index in [1.807, 2.05) is 36.4 Å². The van der Waals surface area contributed by atoms with Crippen LogP contribution in [0.3, 0.4) is 0 Å². The Morgan fingerprint density at radius 3 is 2.10 bits per heavy atom. The normalized spacial score (nSPS) is 12.2. The number of para-hydroxylation sites is 2. The van der Waals surface area contributed by atoms with E-state index in [9.17, 15) is 4.79 Å². The van der Waals surface area contributed by atoms with Gasteiger partial charge >= 0.3 is 5.69 Å². The minimum Gasteiger partial charge on any atom is -0.456 e. The minimum absolute atomic E-state index is 0.360. The van der Waals surface area contributed by atoms with E-state index in [0.717, 1.165) is 81.2 Å². The average Bonchev–Trinajstić information content (AvgIpc) is 3.81. The van der Waals surface area contributed by atoms with Crippen molar-refractivity contribution in [3.8, 4) is 17.1 Å². The lowest BCUT2D eigenvalue weighted by Gasteiger charge is -2.10. The van der Waals surface area contributed by atoms with Crippen molar-refractivity contribution in [2.45, 2.75) is 0 Å². The Hall–Kier alpha value is -6.31. The van der Waals surface area contributed by atoms with Crippen LogP contribution in [0.5, 0.6) is 0 Å². The average molecular weight is 635 g/mol. The van der Waals surface area contributed by atoms with Crippen LogP contribution in [0, 0.1) is 0 Å². The van der Waals surface area contributed by atoms with Crippen molar-refractivity contribution < 1.29 is 4.42 Å². The SMILES string of the molecule is O=c1nc(-n2c3ccccc3c3c4ccccc4c4ccccc4c32)nc2sc3ccc(-c4cccc5oc6ccccc6c45)cc3n12. The van der Waals surface area contributed by atoms with Gasteiger partial charge in [-0.05, 0) is 57.6 Å². The molecule has 48 heavy (non-hydrogen) atoms. The van der Waals surface area contributed by atoms with Crippen molar-refractivity contribution in [1.82, 2.24) is 18.9 Å². The van der Waals surface area contributed by atoms with Gasteiger partial charge in [0, 0.05) is 26.9 Å². The van der Waals surface area contributed by atoms with Gasteiger partial charge in [0.1, 0.15) is 11.2 Å². The molecule has 0 bridgehead atoms. The molecule has 0 amide bonds. The quantitative estimate of drug-likeness (QED) is 0.178. The molecule has 4 aromatic heterocycles. The Balaban J connectivity index is 1.19. The number of rotatable bonds is 2. The van der Waals surface area contributed by atoms with E-state index < -0.39 is 0 Å². The lowest BCUT2D eigenvalue weighted by molar-refractivity contribution is 0.669. The third kappa shape index (κ3) is 3.37. The van der Waals surface area contributed by atoms with Gasteiger partial charge in [-0.3, -0.25) is 4.57 Å². The van der Waals surface area contributed by atoms with Gasteiger partial charge in [-0.2, -0.15) is 9.97 Å². The van der Waals surface area contributed by atoms with Crippen LogP contribution in [0.2, 0.25) is 0 Å². The lowest BCUT2D eigenvalue weighted by Crippen LogP contribution is -2.20. The molecule has 7 heteroatoms. The molecule has 0 spiro atoms. The van der Waals surface area contributed by atoms with Crippen molar-refractivity contribution in [2.75, 3.05) is 0 Å².